The average molecular weight is 244 g/mol. The fraction of sp³-hybridized carbons (Fsp3) is 0.917. The molecule has 0 bridgehead atoms. The summed E-state index contributed by atoms with van der Waals surface area (Å²) in [5.41, 5.74) is 5.57. The van der Waals surface area contributed by atoms with Crippen LogP contribution in [-0.4, -0.2) is 29.0 Å². The summed E-state index contributed by atoms with van der Waals surface area (Å²) in [6, 6.07) is 0.222. The van der Waals surface area contributed by atoms with Gasteiger partial charge in [0, 0.05) is 11.8 Å². The van der Waals surface area contributed by atoms with E-state index in [0.717, 1.165) is 37.2 Å². The fourth-order valence-corrected chi connectivity index (χ4v) is 2.79. The quantitative estimate of drug-likeness (QED) is 0.776. The summed E-state index contributed by atoms with van der Waals surface area (Å²) in [4.78, 5) is 12.0. The first kappa shape index (κ1) is 13.8. The Balaban J connectivity index is 2.38. The van der Waals surface area contributed by atoms with Crippen LogP contribution in [0.2, 0.25) is 0 Å². The maximum atomic E-state index is 12.0. The monoisotopic (exact) mass is 244 g/mol. The van der Waals surface area contributed by atoms with Crippen LogP contribution in [0.4, 0.5) is 0 Å². The zero-order valence-corrected chi connectivity index (χ0v) is 11.2. The van der Waals surface area contributed by atoms with Crippen LogP contribution >= 0.6 is 11.8 Å². The van der Waals surface area contributed by atoms with E-state index in [1.165, 1.54) is 6.42 Å². The Morgan fingerprint density at radius 2 is 2.06 bits per heavy atom. The van der Waals surface area contributed by atoms with Crippen LogP contribution in [0.25, 0.3) is 0 Å². The number of carbonyl (C=O) groups excluding carboxylic acids is 1. The molecule has 1 amide bonds. The summed E-state index contributed by atoms with van der Waals surface area (Å²) in [6.45, 7) is 4.18. The standard InChI is InChI=1S/C12H24N2OS/c1-3-16-9-10(2)14-11(15)12(13)7-5-4-6-8-12/h10H,3-9,13H2,1-2H3,(H,14,15). The van der Waals surface area contributed by atoms with Crippen molar-refractivity contribution in [2.24, 2.45) is 5.73 Å². The van der Waals surface area contributed by atoms with Crippen LogP contribution in [0.5, 0.6) is 0 Å². The van der Waals surface area contributed by atoms with E-state index in [1.54, 1.807) is 0 Å². The molecule has 3 N–H and O–H groups in total. The lowest BCUT2D eigenvalue weighted by Gasteiger charge is -2.33. The van der Waals surface area contributed by atoms with Crippen molar-refractivity contribution in [1.82, 2.24) is 5.32 Å². The van der Waals surface area contributed by atoms with Gasteiger partial charge in [0.2, 0.25) is 5.91 Å². The van der Waals surface area contributed by atoms with Gasteiger partial charge >= 0.3 is 0 Å². The smallest absolute Gasteiger partial charge is 0.240 e. The summed E-state index contributed by atoms with van der Waals surface area (Å²) >= 11 is 1.85. The SMILES string of the molecule is CCSCC(C)NC(=O)C1(N)CCCCC1. The molecule has 1 saturated carbocycles. The Bertz CT molecular complexity index is 227. The predicted octanol–water partition coefficient (Wildman–Crippen LogP) is 1.91. The molecule has 1 unspecified atom stereocenters. The summed E-state index contributed by atoms with van der Waals surface area (Å²) in [6.07, 6.45) is 5.07. The van der Waals surface area contributed by atoms with Gasteiger partial charge in [-0.1, -0.05) is 26.2 Å². The highest BCUT2D eigenvalue weighted by atomic mass is 32.2. The highest BCUT2D eigenvalue weighted by Crippen LogP contribution is 2.26. The highest BCUT2D eigenvalue weighted by molar-refractivity contribution is 7.99. The zero-order valence-electron chi connectivity index (χ0n) is 10.4. The summed E-state index contributed by atoms with van der Waals surface area (Å²) in [5, 5.41) is 3.04. The second-order valence-electron chi connectivity index (χ2n) is 4.75. The second kappa shape index (κ2) is 6.50. The van der Waals surface area contributed by atoms with Gasteiger partial charge in [0.25, 0.3) is 0 Å². The molecular formula is C12H24N2OS. The van der Waals surface area contributed by atoms with Crippen molar-refractivity contribution in [2.45, 2.75) is 57.5 Å². The molecule has 4 heteroatoms. The van der Waals surface area contributed by atoms with Crippen molar-refractivity contribution in [1.29, 1.82) is 0 Å². The summed E-state index contributed by atoms with van der Waals surface area (Å²) < 4.78 is 0. The Labute approximate surface area is 103 Å². The van der Waals surface area contributed by atoms with Gasteiger partial charge in [0.05, 0.1) is 5.54 Å². The number of carbonyl (C=O) groups is 1. The van der Waals surface area contributed by atoms with Gasteiger partial charge in [-0.15, -0.1) is 0 Å². The number of nitrogens with two attached hydrogens (primary N) is 1. The average Bonchev–Trinajstić information content (AvgIpc) is 2.27. The van der Waals surface area contributed by atoms with Crippen molar-refractivity contribution < 1.29 is 4.79 Å². The highest BCUT2D eigenvalue weighted by Gasteiger charge is 2.35. The van der Waals surface area contributed by atoms with E-state index >= 15 is 0 Å². The van der Waals surface area contributed by atoms with E-state index in [1.807, 2.05) is 18.7 Å². The van der Waals surface area contributed by atoms with Gasteiger partial charge in [-0.05, 0) is 25.5 Å². The first-order valence-corrected chi connectivity index (χ1v) is 7.41. The van der Waals surface area contributed by atoms with E-state index < -0.39 is 5.54 Å². The molecule has 0 aromatic carbocycles. The Kier molecular flexibility index (Phi) is 5.62. The molecule has 0 aromatic heterocycles. The van der Waals surface area contributed by atoms with Crippen molar-refractivity contribution in [3.8, 4) is 0 Å². The van der Waals surface area contributed by atoms with E-state index in [9.17, 15) is 4.79 Å². The number of amides is 1. The Hall–Kier alpha value is -0.220. The topological polar surface area (TPSA) is 55.1 Å². The molecule has 0 saturated heterocycles. The van der Waals surface area contributed by atoms with Gasteiger partial charge in [-0.3, -0.25) is 4.79 Å². The van der Waals surface area contributed by atoms with E-state index in [4.69, 9.17) is 5.73 Å². The molecule has 16 heavy (non-hydrogen) atoms. The van der Waals surface area contributed by atoms with Crippen LogP contribution < -0.4 is 11.1 Å². The molecule has 1 fully saturated rings. The molecule has 1 aliphatic rings. The maximum absolute atomic E-state index is 12.0. The number of hydrogen-bond acceptors (Lipinski definition) is 3. The molecule has 0 aromatic rings. The Morgan fingerprint density at radius 3 is 2.62 bits per heavy atom. The summed E-state index contributed by atoms with van der Waals surface area (Å²) in [7, 11) is 0. The molecule has 0 radical (unpaired) electrons. The zero-order chi connectivity index (χ0) is 12.0. The molecule has 3 nitrogen and oxygen atoms in total. The molecule has 0 heterocycles. The third-order valence-corrected chi connectivity index (χ3v) is 4.29. The maximum Gasteiger partial charge on any atom is 0.240 e. The molecule has 1 rings (SSSR count). The lowest BCUT2D eigenvalue weighted by Crippen LogP contribution is -2.57. The largest absolute Gasteiger partial charge is 0.351 e. The van der Waals surface area contributed by atoms with E-state index in [2.05, 4.69) is 12.2 Å². The van der Waals surface area contributed by atoms with E-state index in [0.29, 0.717) is 0 Å². The van der Waals surface area contributed by atoms with Gasteiger partial charge in [-0.25, -0.2) is 0 Å². The molecule has 1 atom stereocenters. The molecule has 0 aliphatic heterocycles. The van der Waals surface area contributed by atoms with Crippen molar-refractivity contribution in [2.75, 3.05) is 11.5 Å². The third-order valence-electron chi connectivity index (χ3n) is 3.15. The predicted molar refractivity (Wildman–Crippen MR) is 70.6 cm³/mol. The molecule has 94 valence electrons. The van der Waals surface area contributed by atoms with Crippen LogP contribution in [0.3, 0.4) is 0 Å². The first-order chi connectivity index (χ1) is 7.58. The van der Waals surface area contributed by atoms with E-state index in [-0.39, 0.29) is 11.9 Å². The first-order valence-electron chi connectivity index (χ1n) is 6.26. The minimum Gasteiger partial charge on any atom is -0.351 e. The fourth-order valence-electron chi connectivity index (χ4n) is 2.11. The lowest BCUT2D eigenvalue weighted by atomic mass is 9.82. The van der Waals surface area contributed by atoms with Crippen LogP contribution in [0, 0.1) is 0 Å². The number of nitrogens with one attached hydrogen (secondary N) is 1. The van der Waals surface area contributed by atoms with Crippen LogP contribution in [0.15, 0.2) is 0 Å². The minimum absolute atomic E-state index is 0.0522. The number of hydrogen-bond donors (Lipinski definition) is 2. The van der Waals surface area contributed by atoms with Gasteiger partial charge in [0.1, 0.15) is 0 Å². The van der Waals surface area contributed by atoms with Gasteiger partial charge in [0.15, 0.2) is 0 Å². The van der Waals surface area contributed by atoms with Gasteiger partial charge < -0.3 is 11.1 Å². The second-order valence-corrected chi connectivity index (χ2v) is 6.07. The molecule has 1 aliphatic carbocycles. The number of rotatable bonds is 5. The third kappa shape index (κ3) is 3.98. The minimum atomic E-state index is -0.594. The number of thioether (sulfide) groups is 1. The Morgan fingerprint density at radius 1 is 1.44 bits per heavy atom. The lowest BCUT2D eigenvalue weighted by molar-refractivity contribution is -0.128. The molecule has 0 spiro atoms. The summed E-state index contributed by atoms with van der Waals surface area (Å²) in [5.74, 6) is 2.11. The van der Waals surface area contributed by atoms with Crippen LogP contribution in [-0.2, 0) is 4.79 Å². The van der Waals surface area contributed by atoms with Crippen molar-refractivity contribution >= 4 is 17.7 Å². The normalized spacial score (nSPS) is 21.4. The van der Waals surface area contributed by atoms with Crippen molar-refractivity contribution in [3.05, 3.63) is 0 Å². The van der Waals surface area contributed by atoms with Crippen molar-refractivity contribution in [3.63, 3.8) is 0 Å². The van der Waals surface area contributed by atoms with Gasteiger partial charge in [-0.2, -0.15) is 11.8 Å². The van der Waals surface area contributed by atoms with Crippen LogP contribution in [0.1, 0.15) is 46.0 Å². The molecular weight excluding hydrogens is 220 g/mol.